The van der Waals surface area contributed by atoms with E-state index in [-0.39, 0.29) is 0 Å². The molecule has 18 heavy (non-hydrogen) atoms. The van der Waals surface area contributed by atoms with Crippen LogP contribution in [0.1, 0.15) is 43.0 Å². The van der Waals surface area contributed by atoms with Crippen LogP contribution in [0.3, 0.4) is 0 Å². The molecule has 96 valence electrons. The van der Waals surface area contributed by atoms with Crippen molar-refractivity contribution in [3.63, 3.8) is 0 Å². The lowest BCUT2D eigenvalue weighted by molar-refractivity contribution is 0.0832. The molecule has 5 nitrogen and oxygen atoms in total. The second-order valence-corrected chi connectivity index (χ2v) is 5.27. The van der Waals surface area contributed by atoms with Crippen LogP contribution in [-0.2, 0) is 17.7 Å². The molecule has 0 N–H and O–H groups in total. The van der Waals surface area contributed by atoms with Gasteiger partial charge in [0.05, 0.1) is 18.2 Å². The fourth-order valence-corrected chi connectivity index (χ4v) is 2.65. The van der Waals surface area contributed by atoms with E-state index in [1.807, 2.05) is 0 Å². The maximum Gasteiger partial charge on any atom is 0.100 e. The van der Waals surface area contributed by atoms with Crippen molar-refractivity contribution in [1.29, 1.82) is 5.26 Å². The van der Waals surface area contributed by atoms with E-state index in [2.05, 4.69) is 21.1 Å². The lowest BCUT2D eigenvalue weighted by Crippen LogP contribution is -2.19. The maximum absolute atomic E-state index is 8.89. The van der Waals surface area contributed by atoms with Crippen molar-refractivity contribution in [3.05, 3.63) is 11.4 Å². The van der Waals surface area contributed by atoms with Crippen LogP contribution in [0.2, 0.25) is 0 Å². The molecule has 1 aromatic heterocycles. The van der Waals surface area contributed by atoms with Gasteiger partial charge in [-0.1, -0.05) is 5.21 Å². The van der Waals surface area contributed by atoms with Crippen LogP contribution in [0, 0.1) is 17.2 Å². The van der Waals surface area contributed by atoms with Gasteiger partial charge in [-0.25, -0.2) is 4.68 Å². The molecule has 0 atom stereocenters. The number of nitrogens with zero attached hydrogens (tertiary/aromatic N) is 4. The van der Waals surface area contributed by atoms with Gasteiger partial charge in [0, 0.05) is 25.7 Å². The Morgan fingerprint density at radius 2 is 2.06 bits per heavy atom. The first-order chi connectivity index (χ1) is 8.88. The van der Waals surface area contributed by atoms with Gasteiger partial charge in [0.15, 0.2) is 0 Å². The second-order valence-electron chi connectivity index (χ2n) is 5.27. The SMILES string of the molecule is N#CCc1nnn(CC2CC2)c1C1CCOCC1. The molecule has 2 fully saturated rings. The minimum Gasteiger partial charge on any atom is -0.381 e. The first-order valence-electron chi connectivity index (χ1n) is 6.75. The highest BCUT2D eigenvalue weighted by molar-refractivity contribution is 5.19. The molecule has 1 aliphatic carbocycles. The van der Waals surface area contributed by atoms with Crippen molar-refractivity contribution in [3.8, 4) is 6.07 Å². The zero-order valence-electron chi connectivity index (χ0n) is 10.5. The molecule has 3 rings (SSSR count). The third-order valence-electron chi connectivity index (χ3n) is 3.83. The smallest absolute Gasteiger partial charge is 0.100 e. The van der Waals surface area contributed by atoms with Crippen molar-refractivity contribution in [2.45, 2.75) is 44.6 Å². The highest BCUT2D eigenvalue weighted by atomic mass is 16.5. The van der Waals surface area contributed by atoms with Crippen molar-refractivity contribution in [2.75, 3.05) is 13.2 Å². The Balaban J connectivity index is 1.85. The van der Waals surface area contributed by atoms with E-state index >= 15 is 0 Å². The van der Waals surface area contributed by atoms with E-state index in [0.29, 0.717) is 12.3 Å². The quantitative estimate of drug-likeness (QED) is 0.810. The molecular formula is C13H18N4O. The monoisotopic (exact) mass is 246 g/mol. The molecule has 0 unspecified atom stereocenters. The predicted octanol–water partition coefficient (Wildman–Crippen LogP) is 1.65. The van der Waals surface area contributed by atoms with Crippen LogP contribution >= 0.6 is 0 Å². The van der Waals surface area contributed by atoms with E-state index in [1.165, 1.54) is 18.5 Å². The summed E-state index contributed by atoms with van der Waals surface area (Å²) in [6, 6.07) is 2.20. The summed E-state index contributed by atoms with van der Waals surface area (Å²) in [7, 11) is 0. The van der Waals surface area contributed by atoms with Crippen molar-refractivity contribution in [2.24, 2.45) is 5.92 Å². The Morgan fingerprint density at radius 1 is 1.28 bits per heavy atom. The normalized spacial score (nSPS) is 20.8. The number of hydrogen-bond acceptors (Lipinski definition) is 4. The van der Waals surface area contributed by atoms with E-state index in [0.717, 1.165) is 44.2 Å². The fourth-order valence-electron chi connectivity index (χ4n) is 2.65. The third kappa shape index (κ3) is 2.39. The fraction of sp³-hybridized carbons (Fsp3) is 0.769. The molecule has 0 aromatic carbocycles. The summed E-state index contributed by atoms with van der Waals surface area (Å²) in [5.41, 5.74) is 2.08. The zero-order chi connectivity index (χ0) is 12.4. The molecular weight excluding hydrogens is 228 g/mol. The molecule has 0 amide bonds. The summed E-state index contributed by atoms with van der Waals surface area (Å²) < 4.78 is 7.47. The average molecular weight is 246 g/mol. The highest BCUT2D eigenvalue weighted by Gasteiger charge is 2.28. The summed E-state index contributed by atoms with van der Waals surface area (Å²) in [6.07, 6.45) is 5.03. The van der Waals surface area contributed by atoms with E-state index in [9.17, 15) is 0 Å². The van der Waals surface area contributed by atoms with Gasteiger partial charge < -0.3 is 4.74 Å². The maximum atomic E-state index is 8.89. The third-order valence-corrected chi connectivity index (χ3v) is 3.83. The minimum absolute atomic E-state index is 0.372. The van der Waals surface area contributed by atoms with Gasteiger partial charge >= 0.3 is 0 Å². The topological polar surface area (TPSA) is 63.7 Å². The Morgan fingerprint density at radius 3 is 2.72 bits per heavy atom. The van der Waals surface area contributed by atoms with Gasteiger partial charge in [-0.15, -0.1) is 5.10 Å². The van der Waals surface area contributed by atoms with Crippen molar-refractivity contribution < 1.29 is 4.74 Å². The molecule has 2 aliphatic rings. The van der Waals surface area contributed by atoms with Crippen LogP contribution in [0.25, 0.3) is 0 Å². The van der Waals surface area contributed by atoms with Crippen LogP contribution in [-0.4, -0.2) is 28.2 Å². The van der Waals surface area contributed by atoms with Crippen molar-refractivity contribution in [1.82, 2.24) is 15.0 Å². The Hall–Kier alpha value is -1.41. The van der Waals surface area contributed by atoms with Gasteiger partial charge in [0.2, 0.25) is 0 Å². The molecule has 2 heterocycles. The molecule has 0 spiro atoms. The van der Waals surface area contributed by atoms with E-state index in [1.54, 1.807) is 0 Å². The summed E-state index contributed by atoms with van der Waals surface area (Å²) in [5, 5.41) is 17.4. The molecule has 1 saturated heterocycles. The van der Waals surface area contributed by atoms with Gasteiger partial charge in [-0.3, -0.25) is 0 Å². The summed E-state index contributed by atoms with van der Waals surface area (Å²) >= 11 is 0. The lowest BCUT2D eigenvalue weighted by Gasteiger charge is -2.23. The largest absolute Gasteiger partial charge is 0.381 e. The number of nitriles is 1. The molecule has 5 heteroatoms. The molecule has 1 saturated carbocycles. The molecule has 1 aliphatic heterocycles. The van der Waals surface area contributed by atoms with Gasteiger partial charge in [-0.05, 0) is 31.6 Å². The molecule has 0 radical (unpaired) electrons. The second kappa shape index (κ2) is 5.07. The average Bonchev–Trinajstić information content (AvgIpc) is 3.12. The molecule has 0 bridgehead atoms. The summed E-state index contributed by atoms with van der Waals surface area (Å²) in [6.45, 7) is 2.60. The first kappa shape index (κ1) is 11.7. The van der Waals surface area contributed by atoms with Gasteiger partial charge in [-0.2, -0.15) is 5.26 Å². The number of hydrogen-bond donors (Lipinski definition) is 0. The zero-order valence-corrected chi connectivity index (χ0v) is 10.5. The first-order valence-corrected chi connectivity index (χ1v) is 6.75. The van der Waals surface area contributed by atoms with Gasteiger partial charge in [0.25, 0.3) is 0 Å². The van der Waals surface area contributed by atoms with Gasteiger partial charge in [0.1, 0.15) is 5.69 Å². The lowest BCUT2D eigenvalue weighted by atomic mass is 9.94. The Bertz CT molecular complexity index is 452. The van der Waals surface area contributed by atoms with Crippen LogP contribution in [0.15, 0.2) is 0 Å². The number of ether oxygens (including phenoxy) is 1. The highest BCUT2D eigenvalue weighted by Crippen LogP contribution is 2.34. The summed E-state index contributed by atoms with van der Waals surface area (Å²) in [5.74, 6) is 1.25. The Labute approximate surface area is 107 Å². The van der Waals surface area contributed by atoms with E-state index < -0.39 is 0 Å². The standard InChI is InChI=1S/C13H18N4O/c14-6-3-12-13(11-4-7-18-8-5-11)17(16-15-12)9-10-1-2-10/h10-11H,1-5,7-9H2. The van der Waals surface area contributed by atoms with Crippen LogP contribution in [0.5, 0.6) is 0 Å². The number of rotatable bonds is 4. The Kier molecular flexibility index (Phi) is 3.28. The number of aromatic nitrogens is 3. The summed E-state index contributed by atoms with van der Waals surface area (Å²) in [4.78, 5) is 0. The predicted molar refractivity (Wildman–Crippen MR) is 64.9 cm³/mol. The molecule has 1 aromatic rings. The van der Waals surface area contributed by atoms with Crippen LogP contribution in [0.4, 0.5) is 0 Å². The van der Waals surface area contributed by atoms with Crippen LogP contribution < -0.4 is 0 Å². The minimum atomic E-state index is 0.372. The van der Waals surface area contributed by atoms with Crippen molar-refractivity contribution >= 4 is 0 Å². The van der Waals surface area contributed by atoms with E-state index in [4.69, 9.17) is 10.00 Å².